The van der Waals surface area contributed by atoms with Crippen LogP contribution < -0.4 is 0 Å². The van der Waals surface area contributed by atoms with Crippen LogP contribution in [0.15, 0.2) is 18.7 Å². The van der Waals surface area contributed by atoms with Crippen molar-refractivity contribution in [1.82, 2.24) is 14.4 Å². The summed E-state index contributed by atoms with van der Waals surface area (Å²) in [5.74, 6) is -1.91. The summed E-state index contributed by atoms with van der Waals surface area (Å²) in [6.45, 7) is 9.57. The Balaban J connectivity index is 1.81. The molecule has 0 radical (unpaired) electrons. The van der Waals surface area contributed by atoms with E-state index >= 15 is 0 Å². The molecule has 2 fully saturated rings. The largest absolute Gasteiger partial charge is 0.345 e. The van der Waals surface area contributed by atoms with Crippen molar-refractivity contribution in [3.05, 3.63) is 35.7 Å². The van der Waals surface area contributed by atoms with Gasteiger partial charge in [-0.3, -0.25) is 19.3 Å². The molecule has 1 aromatic rings. The molecule has 2 atom stereocenters. The molecule has 1 saturated heterocycles. The molecule has 1 aliphatic carbocycles. The lowest BCUT2D eigenvalue weighted by atomic mass is 9.85. The second-order valence-corrected chi connectivity index (χ2v) is 7.79. The molecule has 2 heterocycles. The molecule has 28 heavy (non-hydrogen) atoms. The minimum absolute atomic E-state index is 0.155. The highest BCUT2D eigenvalue weighted by molar-refractivity contribution is 6.45. The van der Waals surface area contributed by atoms with Gasteiger partial charge in [-0.15, -0.1) is 6.58 Å². The summed E-state index contributed by atoms with van der Waals surface area (Å²) in [6.07, 6.45) is 5.35. The third kappa shape index (κ3) is 3.30. The number of nitrogens with zero attached hydrogens (tertiary/aromatic N) is 3. The Kier molecular flexibility index (Phi) is 5.54. The molecule has 2 aliphatic rings. The molecular weight excluding hydrogens is 358 g/mol. The van der Waals surface area contributed by atoms with E-state index in [1.807, 2.05) is 25.3 Å². The van der Waals surface area contributed by atoms with Gasteiger partial charge in [0.25, 0.3) is 0 Å². The quantitative estimate of drug-likeness (QED) is 0.326. The van der Waals surface area contributed by atoms with E-state index in [9.17, 15) is 19.2 Å². The van der Waals surface area contributed by atoms with Crippen molar-refractivity contribution in [2.75, 3.05) is 6.54 Å². The van der Waals surface area contributed by atoms with E-state index in [0.29, 0.717) is 18.5 Å². The lowest BCUT2D eigenvalue weighted by molar-refractivity contribution is -0.144. The van der Waals surface area contributed by atoms with Gasteiger partial charge in [-0.05, 0) is 38.7 Å². The highest BCUT2D eigenvalue weighted by Gasteiger charge is 2.49. The third-order valence-corrected chi connectivity index (χ3v) is 5.97. The number of aromatic nitrogens is 1. The monoisotopic (exact) mass is 385 g/mol. The summed E-state index contributed by atoms with van der Waals surface area (Å²) in [5.41, 5.74) is 2.11. The normalized spacial score (nSPS) is 22.9. The average molecular weight is 385 g/mol. The molecule has 1 aromatic heterocycles. The predicted octanol–water partition coefficient (Wildman–Crippen LogP) is 2.84. The van der Waals surface area contributed by atoms with Crippen LogP contribution in [0.25, 0.3) is 0 Å². The van der Waals surface area contributed by atoms with E-state index in [-0.39, 0.29) is 17.7 Å². The number of allylic oxidation sites excluding steroid dienone is 1. The number of aryl methyl sites for hydroxylation is 1. The Hall–Kier alpha value is -2.70. The summed E-state index contributed by atoms with van der Waals surface area (Å²) in [4.78, 5) is 52.5. The molecule has 0 aromatic carbocycles. The fourth-order valence-electron chi connectivity index (χ4n) is 4.36. The zero-order valence-electron chi connectivity index (χ0n) is 16.7. The highest BCUT2D eigenvalue weighted by Crippen LogP contribution is 2.31. The first kappa shape index (κ1) is 20.0. The first-order valence-electron chi connectivity index (χ1n) is 9.77. The molecule has 0 bridgehead atoms. The van der Waals surface area contributed by atoms with Crippen molar-refractivity contribution in [1.29, 1.82) is 0 Å². The standard InChI is InChI=1S/C21H27N3O4/c1-5-10-22-14(3)11-16(15(22)4)18(25)12-23-19(26)20(27)24(21(23)28)17-9-7-6-8-13(17)2/h5,11,13,17H,1,6-10,12H2,2-4H3/t13-,17+/m1/s1. The van der Waals surface area contributed by atoms with Gasteiger partial charge in [-0.1, -0.05) is 25.8 Å². The van der Waals surface area contributed by atoms with Crippen LogP contribution in [-0.4, -0.2) is 50.6 Å². The van der Waals surface area contributed by atoms with Gasteiger partial charge in [0.05, 0.1) is 6.54 Å². The van der Waals surface area contributed by atoms with Crippen molar-refractivity contribution < 1.29 is 19.2 Å². The number of imide groups is 2. The Labute approximate surface area is 165 Å². The number of rotatable bonds is 6. The Morgan fingerprint density at radius 3 is 2.50 bits per heavy atom. The van der Waals surface area contributed by atoms with Gasteiger partial charge in [0, 0.05) is 29.5 Å². The van der Waals surface area contributed by atoms with Crippen LogP contribution in [0.1, 0.15) is 54.4 Å². The zero-order chi connectivity index (χ0) is 20.6. The SMILES string of the molecule is C=CCn1c(C)cc(C(=O)CN2C(=O)C(=O)N([C@H]3CCCC[C@H]3C)C2=O)c1C. The van der Waals surface area contributed by atoms with E-state index in [2.05, 4.69) is 6.58 Å². The van der Waals surface area contributed by atoms with Gasteiger partial charge in [-0.25, -0.2) is 9.69 Å². The Bertz CT molecular complexity index is 854. The molecule has 1 saturated carbocycles. The molecule has 7 heteroatoms. The van der Waals surface area contributed by atoms with Crippen molar-refractivity contribution in [2.24, 2.45) is 5.92 Å². The fourth-order valence-corrected chi connectivity index (χ4v) is 4.36. The number of Topliss-reactive ketones (excluding diaryl/α,β-unsaturated/α-hetero) is 1. The van der Waals surface area contributed by atoms with Gasteiger partial charge in [-0.2, -0.15) is 0 Å². The third-order valence-electron chi connectivity index (χ3n) is 5.97. The van der Waals surface area contributed by atoms with Crippen LogP contribution in [0.4, 0.5) is 4.79 Å². The molecule has 0 spiro atoms. The summed E-state index contributed by atoms with van der Waals surface area (Å²) >= 11 is 0. The van der Waals surface area contributed by atoms with E-state index in [1.54, 1.807) is 12.1 Å². The molecule has 1 aliphatic heterocycles. The smallest absolute Gasteiger partial charge is 0.334 e. The lowest BCUT2D eigenvalue weighted by Crippen LogP contribution is -2.46. The zero-order valence-corrected chi connectivity index (χ0v) is 16.7. The maximum absolute atomic E-state index is 12.8. The second kappa shape index (κ2) is 7.73. The average Bonchev–Trinajstić information content (AvgIpc) is 3.05. The molecule has 0 unspecified atom stereocenters. The topological polar surface area (TPSA) is 79.7 Å². The molecule has 0 N–H and O–H groups in total. The Morgan fingerprint density at radius 2 is 1.86 bits per heavy atom. The maximum atomic E-state index is 12.8. The van der Waals surface area contributed by atoms with Crippen molar-refractivity contribution in [2.45, 2.75) is 59.0 Å². The molecule has 7 nitrogen and oxygen atoms in total. The van der Waals surface area contributed by atoms with Crippen LogP contribution >= 0.6 is 0 Å². The summed E-state index contributed by atoms with van der Waals surface area (Å²) in [5, 5.41) is 0. The first-order valence-corrected chi connectivity index (χ1v) is 9.77. The molecule has 3 rings (SSSR count). The fraction of sp³-hybridized carbons (Fsp3) is 0.524. The summed E-state index contributed by atoms with van der Waals surface area (Å²) < 4.78 is 1.94. The van der Waals surface area contributed by atoms with Gasteiger partial charge < -0.3 is 4.57 Å². The molecular formula is C21H27N3O4. The number of carbonyl (C=O) groups is 4. The lowest BCUT2D eigenvalue weighted by Gasteiger charge is -2.34. The van der Waals surface area contributed by atoms with Crippen LogP contribution in [0.2, 0.25) is 0 Å². The number of ketones is 1. The second-order valence-electron chi connectivity index (χ2n) is 7.79. The highest BCUT2D eigenvalue weighted by atomic mass is 16.2. The number of amides is 4. The van der Waals surface area contributed by atoms with E-state index in [1.165, 1.54) is 0 Å². The number of carbonyl (C=O) groups excluding carboxylic acids is 4. The van der Waals surface area contributed by atoms with E-state index < -0.39 is 24.4 Å². The van der Waals surface area contributed by atoms with Gasteiger partial charge in [0.2, 0.25) is 0 Å². The van der Waals surface area contributed by atoms with Crippen LogP contribution in [0, 0.1) is 19.8 Å². The minimum Gasteiger partial charge on any atom is -0.345 e. The molecule has 4 amide bonds. The minimum atomic E-state index is -0.906. The maximum Gasteiger partial charge on any atom is 0.334 e. The van der Waals surface area contributed by atoms with Crippen LogP contribution in [-0.2, 0) is 16.1 Å². The van der Waals surface area contributed by atoms with E-state index in [4.69, 9.17) is 0 Å². The summed E-state index contributed by atoms with van der Waals surface area (Å²) in [6, 6.07) is 0.812. The van der Waals surface area contributed by atoms with Crippen LogP contribution in [0.5, 0.6) is 0 Å². The van der Waals surface area contributed by atoms with Crippen molar-refractivity contribution in [3.8, 4) is 0 Å². The van der Waals surface area contributed by atoms with Gasteiger partial charge in [0.15, 0.2) is 5.78 Å². The Morgan fingerprint density at radius 1 is 1.18 bits per heavy atom. The molecule has 150 valence electrons. The first-order chi connectivity index (χ1) is 13.3. The number of hydrogen-bond donors (Lipinski definition) is 0. The van der Waals surface area contributed by atoms with Crippen LogP contribution in [0.3, 0.4) is 0 Å². The van der Waals surface area contributed by atoms with Gasteiger partial charge in [0.1, 0.15) is 0 Å². The van der Waals surface area contributed by atoms with E-state index in [0.717, 1.165) is 40.5 Å². The van der Waals surface area contributed by atoms with Crippen molar-refractivity contribution in [3.63, 3.8) is 0 Å². The van der Waals surface area contributed by atoms with Crippen molar-refractivity contribution >= 4 is 23.6 Å². The number of hydrogen-bond acceptors (Lipinski definition) is 4. The summed E-state index contributed by atoms with van der Waals surface area (Å²) in [7, 11) is 0. The number of urea groups is 1. The van der Waals surface area contributed by atoms with Gasteiger partial charge >= 0.3 is 17.8 Å². The predicted molar refractivity (Wildman–Crippen MR) is 104 cm³/mol.